The van der Waals surface area contributed by atoms with Gasteiger partial charge in [-0.2, -0.15) is 0 Å². The van der Waals surface area contributed by atoms with Gasteiger partial charge < -0.3 is 5.32 Å². The Morgan fingerprint density at radius 2 is 2.04 bits per heavy atom. The maximum atomic E-state index is 12.2. The van der Waals surface area contributed by atoms with E-state index >= 15 is 0 Å². The van der Waals surface area contributed by atoms with Gasteiger partial charge in [-0.3, -0.25) is 9.36 Å². The summed E-state index contributed by atoms with van der Waals surface area (Å²) in [6.45, 7) is 11.0. The standard InChI is InChI=1S/C18H25N3OS/c1-12(2)11-20-17(22)15(5)23-18-19-8-9-21(18)16-10-13(3)6-7-14(16)4/h6-10,12,15H,11H2,1-5H3,(H,20,22). The number of benzene rings is 1. The molecule has 2 rings (SSSR count). The summed E-state index contributed by atoms with van der Waals surface area (Å²) in [7, 11) is 0. The highest BCUT2D eigenvalue weighted by molar-refractivity contribution is 8.00. The van der Waals surface area contributed by atoms with Crippen molar-refractivity contribution in [1.29, 1.82) is 0 Å². The molecule has 1 aromatic carbocycles. The number of aryl methyl sites for hydroxylation is 2. The Morgan fingerprint density at radius 1 is 1.30 bits per heavy atom. The second kappa shape index (κ2) is 7.68. The fraction of sp³-hybridized carbons (Fsp3) is 0.444. The Kier molecular flexibility index (Phi) is 5.88. The van der Waals surface area contributed by atoms with E-state index in [2.05, 4.69) is 60.8 Å². The Hall–Kier alpha value is -1.75. The number of aromatic nitrogens is 2. The molecule has 5 heteroatoms. The van der Waals surface area contributed by atoms with Crippen molar-refractivity contribution >= 4 is 17.7 Å². The zero-order chi connectivity index (χ0) is 17.0. The van der Waals surface area contributed by atoms with Crippen LogP contribution < -0.4 is 5.32 Å². The number of imidazole rings is 1. The largest absolute Gasteiger partial charge is 0.355 e. The number of nitrogens with zero attached hydrogens (tertiary/aromatic N) is 2. The Morgan fingerprint density at radius 3 is 2.74 bits per heavy atom. The first kappa shape index (κ1) is 17.6. The maximum Gasteiger partial charge on any atom is 0.233 e. The summed E-state index contributed by atoms with van der Waals surface area (Å²) in [5.74, 6) is 0.507. The lowest BCUT2D eigenvalue weighted by Crippen LogP contribution is -2.33. The van der Waals surface area contributed by atoms with Gasteiger partial charge in [0.05, 0.1) is 10.9 Å². The molecule has 2 aromatic rings. The topological polar surface area (TPSA) is 46.9 Å². The van der Waals surface area contributed by atoms with E-state index in [0.29, 0.717) is 12.5 Å². The van der Waals surface area contributed by atoms with E-state index in [1.165, 1.54) is 22.9 Å². The summed E-state index contributed by atoms with van der Waals surface area (Å²) < 4.78 is 2.05. The number of nitrogens with one attached hydrogen (secondary N) is 1. The highest BCUT2D eigenvalue weighted by Gasteiger charge is 2.18. The molecule has 124 valence electrons. The molecule has 0 aliphatic rings. The van der Waals surface area contributed by atoms with Gasteiger partial charge in [0, 0.05) is 18.9 Å². The minimum Gasteiger partial charge on any atom is -0.355 e. The highest BCUT2D eigenvalue weighted by Crippen LogP contribution is 2.26. The molecule has 0 radical (unpaired) electrons. The van der Waals surface area contributed by atoms with Gasteiger partial charge in [0.25, 0.3) is 0 Å². The Bertz CT molecular complexity index is 679. The third kappa shape index (κ3) is 4.61. The van der Waals surface area contributed by atoms with Crippen LogP contribution in [0, 0.1) is 19.8 Å². The van der Waals surface area contributed by atoms with Gasteiger partial charge in [-0.1, -0.05) is 37.7 Å². The van der Waals surface area contributed by atoms with Crippen LogP contribution in [-0.2, 0) is 4.79 Å². The first-order valence-electron chi connectivity index (χ1n) is 7.94. The minimum atomic E-state index is -0.181. The molecule has 23 heavy (non-hydrogen) atoms. The summed E-state index contributed by atoms with van der Waals surface area (Å²) >= 11 is 1.49. The van der Waals surface area contributed by atoms with Crippen molar-refractivity contribution in [2.75, 3.05) is 6.54 Å². The molecule has 4 nitrogen and oxygen atoms in total. The van der Waals surface area contributed by atoms with Crippen molar-refractivity contribution in [1.82, 2.24) is 14.9 Å². The lowest BCUT2D eigenvalue weighted by molar-refractivity contribution is -0.120. The lowest BCUT2D eigenvalue weighted by atomic mass is 10.1. The third-order valence-corrected chi connectivity index (χ3v) is 4.65. The smallest absolute Gasteiger partial charge is 0.233 e. The molecule has 1 N–H and O–H groups in total. The predicted octanol–water partition coefficient (Wildman–Crippen LogP) is 3.74. The van der Waals surface area contributed by atoms with Crippen molar-refractivity contribution < 1.29 is 4.79 Å². The molecular formula is C18H25N3OS. The minimum absolute atomic E-state index is 0.0548. The lowest BCUT2D eigenvalue weighted by Gasteiger charge is -2.15. The molecule has 1 heterocycles. The molecule has 0 saturated heterocycles. The number of carbonyl (C=O) groups is 1. The van der Waals surface area contributed by atoms with Crippen LogP contribution in [0.15, 0.2) is 35.7 Å². The molecule has 1 unspecified atom stereocenters. The average Bonchev–Trinajstić information content (AvgIpc) is 2.95. The number of carbonyl (C=O) groups excluding carboxylic acids is 1. The molecule has 0 spiro atoms. The van der Waals surface area contributed by atoms with E-state index < -0.39 is 0 Å². The summed E-state index contributed by atoms with van der Waals surface area (Å²) in [5.41, 5.74) is 3.50. The number of hydrogen-bond acceptors (Lipinski definition) is 3. The fourth-order valence-electron chi connectivity index (χ4n) is 2.20. The summed E-state index contributed by atoms with van der Waals surface area (Å²) in [6.07, 6.45) is 3.73. The van der Waals surface area contributed by atoms with Crippen molar-refractivity contribution in [3.05, 3.63) is 41.7 Å². The fourth-order valence-corrected chi connectivity index (χ4v) is 3.10. The van der Waals surface area contributed by atoms with Crippen LogP contribution >= 0.6 is 11.8 Å². The van der Waals surface area contributed by atoms with Gasteiger partial charge in [-0.25, -0.2) is 4.98 Å². The molecule has 1 atom stereocenters. The van der Waals surface area contributed by atoms with Crippen molar-refractivity contribution in [3.63, 3.8) is 0 Å². The molecule has 0 aliphatic heterocycles. The van der Waals surface area contributed by atoms with Gasteiger partial charge in [0.15, 0.2) is 5.16 Å². The van der Waals surface area contributed by atoms with Gasteiger partial charge in [0.2, 0.25) is 5.91 Å². The van der Waals surface area contributed by atoms with E-state index in [1.807, 2.05) is 13.1 Å². The van der Waals surface area contributed by atoms with Gasteiger partial charge >= 0.3 is 0 Å². The van der Waals surface area contributed by atoms with E-state index in [0.717, 1.165) is 10.8 Å². The van der Waals surface area contributed by atoms with Crippen molar-refractivity contribution in [2.24, 2.45) is 5.92 Å². The van der Waals surface area contributed by atoms with Crippen LogP contribution in [0.2, 0.25) is 0 Å². The third-order valence-electron chi connectivity index (χ3n) is 3.57. The van der Waals surface area contributed by atoms with E-state index in [1.54, 1.807) is 6.20 Å². The molecule has 0 saturated carbocycles. The van der Waals surface area contributed by atoms with Gasteiger partial charge in [-0.15, -0.1) is 0 Å². The quantitative estimate of drug-likeness (QED) is 0.820. The maximum absolute atomic E-state index is 12.2. The molecular weight excluding hydrogens is 306 g/mol. The average molecular weight is 331 g/mol. The van der Waals surface area contributed by atoms with Gasteiger partial charge in [0.1, 0.15) is 0 Å². The molecule has 0 bridgehead atoms. The summed E-state index contributed by atoms with van der Waals surface area (Å²) in [6, 6.07) is 6.35. The Labute approximate surface area is 142 Å². The van der Waals surface area contributed by atoms with E-state index in [4.69, 9.17) is 0 Å². The van der Waals surface area contributed by atoms with Crippen LogP contribution in [0.25, 0.3) is 5.69 Å². The first-order chi connectivity index (χ1) is 10.9. The van der Waals surface area contributed by atoms with Crippen molar-refractivity contribution in [3.8, 4) is 5.69 Å². The molecule has 0 fully saturated rings. The van der Waals surface area contributed by atoms with Gasteiger partial charge in [-0.05, 0) is 43.9 Å². The van der Waals surface area contributed by atoms with Crippen LogP contribution in [0.4, 0.5) is 0 Å². The molecule has 0 aliphatic carbocycles. The normalized spacial score (nSPS) is 12.4. The first-order valence-corrected chi connectivity index (χ1v) is 8.81. The van der Waals surface area contributed by atoms with Crippen LogP contribution in [-0.4, -0.2) is 27.3 Å². The summed E-state index contributed by atoms with van der Waals surface area (Å²) in [5, 5.41) is 3.64. The monoisotopic (exact) mass is 331 g/mol. The number of amides is 1. The van der Waals surface area contributed by atoms with Crippen LogP contribution in [0.3, 0.4) is 0 Å². The SMILES string of the molecule is Cc1ccc(C)c(-n2ccnc2SC(C)C(=O)NCC(C)C)c1. The number of hydrogen-bond donors (Lipinski definition) is 1. The Balaban J connectivity index is 2.15. The zero-order valence-corrected chi connectivity index (χ0v) is 15.3. The van der Waals surface area contributed by atoms with E-state index in [-0.39, 0.29) is 11.2 Å². The summed E-state index contributed by atoms with van der Waals surface area (Å²) in [4.78, 5) is 16.6. The predicted molar refractivity (Wildman–Crippen MR) is 96.2 cm³/mol. The zero-order valence-electron chi connectivity index (χ0n) is 14.5. The number of thioether (sulfide) groups is 1. The second-order valence-electron chi connectivity index (χ2n) is 6.27. The van der Waals surface area contributed by atoms with Crippen LogP contribution in [0.1, 0.15) is 31.9 Å². The molecule has 1 aromatic heterocycles. The van der Waals surface area contributed by atoms with E-state index in [9.17, 15) is 4.79 Å². The highest BCUT2D eigenvalue weighted by atomic mass is 32.2. The number of rotatable bonds is 6. The molecule has 1 amide bonds. The second-order valence-corrected chi connectivity index (χ2v) is 7.58. The van der Waals surface area contributed by atoms with Crippen molar-refractivity contribution in [2.45, 2.75) is 45.0 Å². The van der Waals surface area contributed by atoms with Crippen LogP contribution in [0.5, 0.6) is 0 Å².